The van der Waals surface area contributed by atoms with Crippen LogP contribution < -0.4 is 4.90 Å². The summed E-state index contributed by atoms with van der Waals surface area (Å²) < 4.78 is 4.93. The van der Waals surface area contributed by atoms with Crippen molar-refractivity contribution in [2.24, 2.45) is 11.8 Å². The predicted molar refractivity (Wildman–Crippen MR) is 73.1 cm³/mol. The van der Waals surface area contributed by atoms with E-state index in [1.54, 1.807) is 13.1 Å². The van der Waals surface area contributed by atoms with Gasteiger partial charge in [-0.1, -0.05) is 13.8 Å². The molecule has 0 spiro atoms. The van der Waals surface area contributed by atoms with Crippen molar-refractivity contribution in [1.29, 1.82) is 0 Å². The first-order valence-electron chi connectivity index (χ1n) is 6.85. The van der Waals surface area contributed by atoms with Crippen LogP contribution in [0.1, 0.15) is 37.8 Å². The van der Waals surface area contributed by atoms with E-state index in [2.05, 4.69) is 28.7 Å². The predicted octanol–water partition coefficient (Wildman–Crippen LogP) is 2.14. The van der Waals surface area contributed by atoms with Crippen LogP contribution in [-0.4, -0.2) is 35.6 Å². The standard InChI is InChI=1S/C14H21N3O2/c1-4-19-14(18)13-15-6-5-12(16-13)17-8-10(2)7-11(3)9-17/h5-6,10-11H,4,7-9H2,1-3H3. The molecule has 2 heterocycles. The van der Waals surface area contributed by atoms with Gasteiger partial charge >= 0.3 is 5.97 Å². The topological polar surface area (TPSA) is 55.3 Å². The minimum absolute atomic E-state index is 0.144. The number of ether oxygens (including phenoxy) is 1. The number of aromatic nitrogens is 2. The van der Waals surface area contributed by atoms with Gasteiger partial charge in [0.1, 0.15) is 5.82 Å². The average molecular weight is 263 g/mol. The van der Waals surface area contributed by atoms with Crippen molar-refractivity contribution in [3.8, 4) is 0 Å². The normalized spacial score (nSPS) is 23.2. The van der Waals surface area contributed by atoms with E-state index >= 15 is 0 Å². The number of hydrogen-bond acceptors (Lipinski definition) is 5. The Kier molecular flexibility index (Phi) is 4.35. The molecule has 0 amide bonds. The SMILES string of the molecule is CCOC(=O)c1nccc(N2CC(C)CC(C)C2)n1. The van der Waals surface area contributed by atoms with Crippen LogP contribution in [0.15, 0.2) is 12.3 Å². The Morgan fingerprint density at radius 2 is 2.11 bits per heavy atom. The zero-order valence-electron chi connectivity index (χ0n) is 11.8. The van der Waals surface area contributed by atoms with Crippen LogP contribution in [-0.2, 0) is 4.74 Å². The molecule has 0 aliphatic carbocycles. The lowest BCUT2D eigenvalue weighted by molar-refractivity contribution is 0.0512. The molecular formula is C14H21N3O2. The number of esters is 1. The zero-order valence-corrected chi connectivity index (χ0v) is 11.8. The molecule has 2 unspecified atom stereocenters. The van der Waals surface area contributed by atoms with Crippen molar-refractivity contribution in [3.63, 3.8) is 0 Å². The molecule has 1 aromatic heterocycles. The molecule has 5 nitrogen and oxygen atoms in total. The smallest absolute Gasteiger partial charge is 0.376 e. The van der Waals surface area contributed by atoms with Crippen molar-refractivity contribution in [2.45, 2.75) is 27.2 Å². The van der Waals surface area contributed by atoms with Crippen LogP contribution in [0, 0.1) is 11.8 Å². The molecule has 1 fully saturated rings. The highest BCUT2D eigenvalue weighted by atomic mass is 16.5. The molecule has 0 radical (unpaired) electrons. The Bertz CT molecular complexity index is 440. The van der Waals surface area contributed by atoms with Crippen molar-refractivity contribution in [3.05, 3.63) is 18.1 Å². The second-order valence-electron chi connectivity index (χ2n) is 5.31. The van der Waals surface area contributed by atoms with Crippen LogP contribution in [0.5, 0.6) is 0 Å². The summed E-state index contributed by atoms with van der Waals surface area (Å²) in [6.07, 6.45) is 2.87. The minimum Gasteiger partial charge on any atom is -0.460 e. The molecule has 1 saturated heterocycles. The van der Waals surface area contributed by atoms with E-state index in [0.29, 0.717) is 18.4 Å². The third-order valence-electron chi connectivity index (χ3n) is 3.29. The summed E-state index contributed by atoms with van der Waals surface area (Å²) in [4.78, 5) is 22.2. The van der Waals surface area contributed by atoms with Gasteiger partial charge in [0.15, 0.2) is 0 Å². The van der Waals surface area contributed by atoms with E-state index in [-0.39, 0.29) is 5.82 Å². The van der Waals surface area contributed by atoms with Gasteiger partial charge in [0.25, 0.3) is 0 Å². The zero-order chi connectivity index (χ0) is 13.8. The van der Waals surface area contributed by atoms with Crippen LogP contribution in [0.2, 0.25) is 0 Å². The largest absolute Gasteiger partial charge is 0.460 e. The molecule has 2 rings (SSSR count). The maximum atomic E-state index is 11.6. The van der Waals surface area contributed by atoms with E-state index in [4.69, 9.17) is 4.74 Å². The van der Waals surface area contributed by atoms with Crippen LogP contribution in [0.3, 0.4) is 0 Å². The van der Waals surface area contributed by atoms with Crippen molar-refractivity contribution < 1.29 is 9.53 Å². The Morgan fingerprint density at radius 1 is 1.42 bits per heavy atom. The highest BCUT2D eigenvalue weighted by molar-refractivity contribution is 5.85. The first-order chi connectivity index (χ1) is 9.10. The maximum Gasteiger partial charge on any atom is 0.376 e. The van der Waals surface area contributed by atoms with Gasteiger partial charge < -0.3 is 9.64 Å². The lowest BCUT2D eigenvalue weighted by Gasteiger charge is -2.35. The number of hydrogen-bond donors (Lipinski definition) is 0. The third-order valence-corrected chi connectivity index (χ3v) is 3.29. The van der Waals surface area contributed by atoms with Crippen molar-refractivity contribution in [1.82, 2.24) is 9.97 Å². The molecule has 104 valence electrons. The molecule has 1 aliphatic heterocycles. The first-order valence-corrected chi connectivity index (χ1v) is 6.85. The summed E-state index contributed by atoms with van der Waals surface area (Å²) in [5.74, 6) is 1.79. The fraction of sp³-hybridized carbons (Fsp3) is 0.643. The Labute approximate surface area is 114 Å². The molecular weight excluding hydrogens is 242 g/mol. The number of piperidine rings is 1. The van der Waals surface area contributed by atoms with Crippen LogP contribution in [0.25, 0.3) is 0 Å². The summed E-state index contributed by atoms with van der Waals surface area (Å²) >= 11 is 0. The first kappa shape index (κ1) is 13.8. The second-order valence-corrected chi connectivity index (χ2v) is 5.31. The maximum absolute atomic E-state index is 11.6. The van der Waals surface area contributed by atoms with Gasteiger partial charge in [0.05, 0.1) is 6.61 Å². The minimum atomic E-state index is -0.456. The molecule has 0 aromatic carbocycles. The molecule has 1 aliphatic rings. The van der Waals surface area contributed by atoms with Gasteiger partial charge in [0, 0.05) is 19.3 Å². The summed E-state index contributed by atoms with van der Waals surface area (Å²) in [6.45, 7) is 8.55. The molecule has 2 atom stereocenters. The molecule has 1 aromatic rings. The number of carbonyl (C=O) groups is 1. The lowest BCUT2D eigenvalue weighted by atomic mass is 9.92. The van der Waals surface area contributed by atoms with Gasteiger partial charge in [-0.05, 0) is 31.2 Å². The van der Waals surface area contributed by atoms with E-state index in [0.717, 1.165) is 18.9 Å². The summed E-state index contributed by atoms with van der Waals surface area (Å²) in [7, 11) is 0. The number of anilines is 1. The van der Waals surface area contributed by atoms with Gasteiger partial charge in [-0.2, -0.15) is 0 Å². The quantitative estimate of drug-likeness (QED) is 0.782. The van der Waals surface area contributed by atoms with E-state index in [1.807, 2.05) is 6.07 Å². The third kappa shape index (κ3) is 3.43. The van der Waals surface area contributed by atoms with Gasteiger partial charge in [-0.3, -0.25) is 0 Å². The fourth-order valence-corrected chi connectivity index (χ4v) is 2.67. The van der Waals surface area contributed by atoms with E-state index < -0.39 is 5.97 Å². The number of rotatable bonds is 3. The monoisotopic (exact) mass is 263 g/mol. The fourth-order valence-electron chi connectivity index (χ4n) is 2.67. The van der Waals surface area contributed by atoms with Gasteiger partial charge in [-0.25, -0.2) is 14.8 Å². The summed E-state index contributed by atoms with van der Waals surface area (Å²) in [6, 6.07) is 1.85. The van der Waals surface area contributed by atoms with Crippen molar-refractivity contribution in [2.75, 3.05) is 24.6 Å². The van der Waals surface area contributed by atoms with Crippen LogP contribution in [0.4, 0.5) is 5.82 Å². The lowest BCUT2D eigenvalue weighted by Crippen LogP contribution is -2.39. The highest BCUT2D eigenvalue weighted by Gasteiger charge is 2.23. The number of nitrogens with zero attached hydrogens (tertiary/aromatic N) is 3. The van der Waals surface area contributed by atoms with E-state index in [9.17, 15) is 4.79 Å². The molecule has 0 bridgehead atoms. The summed E-state index contributed by atoms with van der Waals surface area (Å²) in [5, 5.41) is 0. The highest BCUT2D eigenvalue weighted by Crippen LogP contribution is 2.24. The van der Waals surface area contributed by atoms with Crippen molar-refractivity contribution >= 4 is 11.8 Å². The average Bonchev–Trinajstić information content (AvgIpc) is 2.38. The van der Waals surface area contributed by atoms with Gasteiger partial charge in [0.2, 0.25) is 5.82 Å². The molecule has 0 saturated carbocycles. The Hall–Kier alpha value is -1.65. The van der Waals surface area contributed by atoms with Gasteiger partial charge in [-0.15, -0.1) is 0 Å². The number of carbonyl (C=O) groups excluding carboxylic acids is 1. The summed E-state index contributed by atoms with van der Waals surface area (Å²) in [5.41, 5.74) is 0. The second kappa shape index (κ2) is 5.99. The molecule has 5 heteroatoms. The Balaban J connectivity index is 2.16. The Morgan fingerprint density at radius 3 is 2.74 bits per heavy atom. The van der Waals surface area contributed by atoms with Crippen LogP contribution >= 0.6 is 0 Å². The van der Waals surface area contributed by atoms with E-state index in [1.165, 1.54) is 6.42 Å². The molecule has 19 heavy (non-hydrogen) atoms. The molecule has 0 N–H and O–H groups in total.